The Hall–Kier alpha value is -5.87. The predicted molar refractivity (Wildman–Crippen MR) is 184 cm³/mol. The Labute approximate surface area is 297 Å². The van der Waals surface area contributed by atoms with Crippen molar-refractivity contribution in [3.05, 3.63) is 128 Å². The van der Waals surface area contributed by atoms with Crippen LogP contribution in [0.2, 0.25) is 0 Å². The van der Waals surface area contributed by atoms with E-state index in [1.807, 2.05) is 72.8 Å². The second-order valence-corrected chi connectivity index (χ2v) is 14.6. The first-order valence-corrected chi connectivity index (χ1v) is 18.1. The van der Waals surface area contributed by atoms with Crippen molar-refractivity contribution in [3.63, 3.8) is 0 Å². The normalized spacial score (nSPS) is 12.6. The van der Waals surface area contributed by atoms with Gasteiger partial charge >= 0.3 is 31.3 Å². The summed E-state index contributed by atoms with van der Waals surface area (Å²) in [5.41, 5.74) is -7.49. The molecule has 0 saturated carbocycles. The molecule has 8 nitrogen and oxygen atoms in total. The predicted octanol–water partition coefficient (Wildman–Crippen LogP) is 10.1. The van der Waals surface area contributed by atoms with Gasteiger partial charge in [0.1, 0.15) is 22.7 Å². The van der Waals surface area contributed by atoms with Crippen molar-refractivity contribution < 1.29 is 56.0 Å². The van der Waals surface area contributed by atoms with Gasteiger partial charge in [0.25, 0.3) is 0 Å². The fraction of sp³-hybridized carbons (Fsp3) is 0.0541. The lowest BCUT2D eigenvalue weighted by Gasteiger charge is -2.18. The zero-order valence-electron chi connectivity index (χ0n) is 26.5. The zero-order chi connectivity index (χ0) is 37.8. The van der Waals surface area contributed by atoms with E-state index in [0.717, 1.165) is 28.5 Å². The van der Waals surface area contributed by atoms with Crippen molar-refractivity contribution in [1.82, 2.24) is 4.98 Å². The molecule has 16 heteroatoms. The molecular formula is C37H21F6NO7S2. The van der Waals surface area contributed by atoms with Crippen LogP contribution in [0.3, 0.4) is 0 Å². The smallest absolute Gasteiger partial charge is 0.456 e. The van der Waals surface area contributed by atoms with E-state index in [4.69, 9.17) is 4.42 Å². The molecule has 53 heavy (non-hydrogen) atoms. The van der Waals surface area contributed by atoms with Gasteiger partial charge < -0.3 is 12.8 Å². The van der Waals surface area contributed by atoms with Crippen LogP contribution in [0, 0.1) is 0 Å². The molecule has 270 valence electrons. The van der Waals surface area contributed by atoms with Crippen molar-refractivity contribution in [2.24, 2.45) is 0 Å². The number of aromatic nitrogens is 1. The molecule has 2 aromatic heterocycles. The Bertz CT molecular complexity index is 2680. The molecule has 2 heterocycles. The van der Waals surface area contributed by atoms with Crippen LogP contribution in [-0.2, 0) is 20.2 Å². The number of alkyl halides is 6. The summed E-state index contributed by atoms with van der Waals surface area (Å²) in [6.07, 6.45) is 1.53. The SMILES string of the molecule is O=S(=O)(Oc1cc(OS(=O)(=O)C(F)(F)F)cc(-c2ccccc2-c2cnc(-c3ccccc3)cc2-c2ccc3c(c2)oc2ccccc23)c1)C(F)(F)F. The summed E-state index contributed by atoms with van der Waals surface area (Å²) in [4.78, 5) is 4.65. The largest absolute Gasteiger partial charge is 0.534 e. The van der Waals surface area contributed by atoms with Gasteiger partial charge in [-0.05, 0) is 64.2 Å². The number of para-hydroxylation sites is 1. The van der Waals surface area contributed by atoms with Gasteiger partial charge in [0.05, 0.1) is 5.69 Å². The molecule has 0 saturated heterocycles. The second-order valence-electron chi connectivity index (χ2n) is 11.5. The monoisotopic (exact) mass is 769 g/mol. The van der Waals surface area contributed by atoms with Gasteiger partial charge in [-0.1, -0.05) is 78.9 Å². The summed E-state index contributed by atoms with van der Waals surface area (Å²) in [5, 5.41) is 1.73. The first kappa shape index (κ1) is 35.5. The lowest BCUT2D eigenvalue weighted by atomic mass is 9.89. The fourth-order valence-corrected chi connectivity index (χ4v) is 6.60. The minimum Gasteiger partial charge on any atom is -0.456 e. The van der Waals surface area contributed by atoms with Crippen LogP contribution in [0.4, 0.5) is 26.3 Å². The van der Waals surface area contributed by atoms with Crippen molar-refractivity contribution >= 4 is 42.2 Å². The van der Waals surface area contributed by atoms with Gasteiger partial charge in [-0.3, -0.25) is 4.98 Å². The summed E-state index contributed by atoms with van der Waals surface area (Å²) in [5.74, 6) is -2.34. The third-order valence-corrected chi connectivity index (χ3v) is 10.0. The van der Waals surface area contributed by atoms with Crippen LogP contribution in [0.1, 0.15) is 0 Å². The first-order valence-electron chi connectivity index (χ1n) is 15.2. The summed E-state index contributed by atoms with van der Waals surface area (Å²) in [6, 6.07) is 32.0. The minimum absolute atomic E-state index is 0.108. The molecule has 0 atom stereocenters. The van der Waals surface area contributed by atoms with E-state index in [2.05, 4.69) is 13.4 Å². The molecule has 0 fully saturated rings. The Morgan fingerprint density at radius 3 is 1.70 bits per heavy atom. The molecule has 0 amide bonds. The summed E-state index contributed by atoms with van der Waals surface area (Å²) >= 11 is 0. The minimum atomic E-state index is -6.35. The van der Waals surface area contributed by atoms with Crippen molar-refractivity contribution in [2.75, 3.05) is 0 Å². The molecule has 5 aromatic carbocycles. The molecule has 0 bridgehead atoms. The van der Waals surface area contributed by atoms with Gasteiger partial charge in [-0.15, -0.1) is 0 Å². The molecule has 0 aliphatic heterocycles. The zero-order valence-corrected chi connectivity index (χ0v) is 28.1. The van der Waals surface area contributed by atoms with Gasteiger partial charge in [0.2, 0.25) is 0 Å². The molecular weight excluding hydrogens is 749 g/mol. The van der Waals surface area contributed by atoms with E-state index in [-0.39, 0.29) is 17.2 Å². The molecule has 7 aromatic rings. The van der Waals surface area contributed by atoms with E-state index >= 15 is 0 Å². The van der Waals surface area contributed by atoms with E-state index in [1.165, 1.54) is 18.3 Å². The average molecular weight is 770 g/mol. The number of hydrogen-bond donors (Lipinski definition) is 0. The maximum absolute atomic E-state index is 13.3. The third-order valence-electron chi connectivity index (χ3n) is 8.05. The summed E-state index contributed by atoms with van der Waals surface area (Å²) in [6.45, 7) is 0. The van der Waals surface area contributed by atoms with Gasteiger partial charge in [-0.25, -0.2) is 0 Å². The van der Waals surface area contributed by atoms with Gasteiger partial charge in [-0.2, -0.15) is 43.2 Å². The summed E-state index contributed by atoms with van der Waals surface area (Å²) < 4.78 is 142. The number of rotatable bonds is 8. The standard InChI is InChI=1S/C37H21F6NO7S2/c38-36(39,40)52(45,46)50-25-16-24(17-26(19-25)51-53(47,48)37(41,42)43)27-10-4-5-11-28(27)32-21-44-33(22-8-2-1-3-9-22)20-31(32)23-14-15-30-29-12-6-7-13-34(29)49-35(30)18-23/h1-21H. The van der Waals surface area contributed by atoms with Crippen LogP contribution in [0.25, 0.3) is 66.6 Å². The number of fused-ring (bicyclic) bond motifs is 3. The maximum Gasteiger partial charge on any atom is 0.534 e. The van der Waals surface area contributed by atoms with Crippen LogP contribution in [0.15, 0.2) is 132 Å². The topological polar surface area (TPSA) is 113 Å². The molecule has 0 spiro atoms. The Balaban J connectivity index is 1.44. The average Bonchev–Trinajstić information content (AvgIpc) is 3.48. The highest BCUT2D eigenvalue weighted by Crippen LogP contribution is 2.43. The van der Waals surface area contributed by atoms with Gasteiger partial charge in [0, 0.05) is 34.2 Å². The Kier molecular flexibility index (Phi) is 8.69. The van der Waals surface area contributed by atoms with Crippen LogP contribution < -0.4 is 8.37 Å². The first-order chi connectivity index (χ1) is 25.0. The number of benzene rings is 5. The number of nitrogens with zero attached hydrogens (tertiary/aromatic N) is 1. The van der Waals surface area contributed by atoms with Crippen molar-refractivity contribution in [3.8, 4) is 56.1 Å². The lowest BCUT2D eigenvalue weighted by Crippen LogP contribution is -2.29. The maximum atomic E-state index is 13.3. The fourth-order valence-electron chi connectivity index (χ4n) is 5.71. The van der Waals surface area contributed by atoms with E-state index < -0.39 is 42.8 Å². The molecule has 7 rings (SSSR count). The highest BCUT2D eigenvalue weighted by Gasteiger charge is 2.50. The Morgan fingerprint density at radius 2 is 1.06 bits per heavy atom. The van der Waals surface area contributed by atoms with Gasteiger partial charge in [0.15, 0.2) is 0 Å². The van der Waals surface area contributed by atoms with Crippen LogP contribution >= 0.6 is 0 Å². The summed E-state index contributed by atoms with van der Waals surface area (Å²) in [7, 11) is -12.7. The Morgan fingerprint density at radius 1 is 0.491 bits per heavy atom. The molecule has 0 unspecified atom stereocenters. The third kappa shape index (κ3) is 6.90. The lowest BCUT2D eigenvalue weighted by molar-refractivity contribution is -0.0502. The van der Waals surface area contributed by atoms with E-state index in [1.54, 1.807) is 18.2 Å². The quantitative estimate of drug-likeness (QED) is 0.0853. The molecule has 0 radical (unpaired) electrons. The van der Waals surface area contributed by atoms with E-state index in [9.17, 15) is 43.2 Å². The van der Waals surface area contributed by atoms with Crippen LogP contribution in [-0.4, -0.2) is 32.8 Å². The van der Waals surface area contributed by atoms with Crippen molar-refractivity contribution in [2.45, 2.75) is 11.0 Å². The number of hydrogen-bond acceptors (Lipinski definition) is 8. The number of halogens is 6. The van der Waals surface area contributed by atoms with E-state index in [0.29, 0.717) is 39.1 Å². The highest BCUT2D eigenvalue weighted by molar-refractivity contribution is 7.88. The second kappa shape index (κ2) is 13.0. The van der Waals surface area contributed by atoms with Crippen LogP contribution in [0.5, 0.6) is 11.5 Å². The molecule has 0 aliphatic carbocycles. The molecule has 0 aliphatic rings. The number of pyridine rings is 1. The van der Waals surface area contributed by atoms with Crippen molar-refractivity contribution in [1.29, 1.82) is 0 Å². The highest BCUT2D eigenvalue weighted by atomic mass is 32.2. The number of furan rings is 1. The molecule has 0 N–H and O–H groups in total.